The van der Waals surface area contributed by atoms with E-state index in [-0.39, 0.29) is 30.4 Å². The number of carbonyl (C=O) groups excluding carboxylic acids is 2. The Balaban J connectivity index is 2.03. The Morgan fingerprint density at radius 1 is 1.50 bits per heavy atom. The number of hydrogen-bond acceptors (Lipinski definition) is 4. The summed E-state index contributed by atoms with van der Waals surface area (Å²) >= 11 is 1.40. The fraction of sp³-hybridized carbons (Fsp3) is 0.625. The van der Waals surface area contributed by atoms with Gasteiger partial charge in [0.1, 0.15) is 6.04 Å². The first kappa shape index (κ1) is 17.0. The van der Waals surface area contributed by atoms with Gasteiger partial charge in [0.2, 0.25) is 5.91 Å². The van der Waals surface area contributed by atoms with E-state index in [4.69, 9.17) is 5.11 Å². The molecule has 0 aromatic carbocycles. The predicted molar refractivity (Wildman–Crippen MR) is 86.8 cm³/mol. The van der Waals surface area contributed by atoms with Crippen molar-refractivity contribution in [1.29, 1.82) is 0 Å². The van der Waals surface area contributed by atoms with Crippen LogP contribution in [0.4, 0.5) is 0 Å². The van der Waals surface area contributed by atoms with E-state index in [0.29, 0.717) is 24.3 Å². The van der Waals surface area contributed by atoms with E-state index >= 15 is 0 Å². The molecule has 22 heavy (non-hydrogen) atoms. The van der Waals surface area contributed by atoms with Crippen LogP contribution < -0.4 is 5.32 Å². The molecule has 1 aromatic rings. The number of nitrogens with one attached hydrogen (secondary N) is 1. The van der Waals surface area contributed by atoms with Crippen molar-refractivity contribution in [3.8, 4) is 0 Å². The second-order valence-electron chi connectivity index (χ2n) is 6.01. The van der Waals surface area contributed by atoms with Crippen LogP contribution in [0.3, 0.4) is 0 Å². The van der Waals surface area contributed by atoms with E-state index in [1.165, 1.54) is 11.3 Å². The first-order chi connectivity index (χ1) is 10.5. The first-order valence-corrected chi connectivity index (χ1v) is 8.68. The molecule has 2 atom stereocenters. The zero-order valence-electron chi connectivity index (χ0n) is 13.1. The van der Waals surface area contributed by atoms with Crippen molar-refractivity contribution >= 4 is 23.2 Å². The summed E-state index contributed by atoms with van der Waals surface area (Å²) in [5.74, 6) is 0.0874. The number of likely N-dealkylation sites (tertiary alicyclic amines) is 1. The Bertz CT molecular complexity index is 501. The summed E-state index contributed by atoms with van der Waals surface area (Å²) in [7, 11) is 0. The maximum atomic E-state index is 12.5. The molecule has 0 saturated carbocycles. The van der Waals surface area contributed by atoms with Crippen molar-refractivity contribution in [2.24, 2.45) is 5.92 Å². The first-order valence-electron chi connectivity index (χ1n) is 7.80. The van der Waals surface area contributed by atoms with Gasteiger partial charge in [0.15, 0.2) is 0 Å². The highest BCUT2D eigenvalue weighted by atomic mass is 32.1. The number of nitrogens with zero attached hydrogens (tertiary/aromatic N) is 1. The minimum absolute atomic E-state index is 0.0473. The molecule has 6 heteroatoms. The number of aliphatic hydroxyl groups excluding tert-OH is 1. The molecule has 1 aliphatic rings. The van der Waals surface area contributed by atoms with E-state index in [0.717, 1.165) is 6.42 Å². The van der Waals surface area contributed by atoms with Crippen LogP contribution in [0.15, 0.2) is 17.5 Å². The van der Waals surface area contributed by atoms with E-state index in [9.17, 15) is 9.59 Å². The van der Waals surface area contributed by atoms with Gasteiger partial charge in [-0.25, -0.2) is 0 Å². The number of aliphatic hydroxyl groups is 1. The van der Waals surface area contributed by atoms with Gasteiger partial charge in [-0.2, -0.15) is 0 Å². The lowest BCUT2D eigenvalue weighted by atomic mass is 10.0. The van der Waals surface area contributed by atoms with Gasteiger partial charge in [-0.1, -0.05) is 19.9 Å². The highest BCUT2D eigenvalue weighted by Gasteiger charge is 2.35. The molecule has 1 aliphatic heterocycles. The second-order valence-corrected chi connectivity index (χ2v) is 6.95. The van der Waals surface area contributed by atoms with Crippen LogP contribution in [-0.4, -0.2) is 47.1 Å². The summed E-state index contributed by atoms with van der Waals surface area (Å²) in [5.41, 5.74) is 0. The third-order valence-corrected chi connectivity index (χ3v) is 4.98. The van der Waals surface area contributed by atoms with Gasteiger partial charge < -0.3 is 15.3 Å². The molecule has 122 valence electrons. The molecule has 0 spiro atoms. The molecule has 1 aromatic heterocycles. The summed E-state index contributed by atoms with van der Waals surface area (Å²) < 4.78 is 0. The number of carbonyl (C=O) groups is 2. The summed E-state index contributed by atoms with van der Waals surface area (Å²) in [6, 6.07) is 3.19. The SMILES string of the molecule is CC(C)C(CCO)NC(=O)[C@@H]1CCCN1C(=O)c1cccs1. The molecule has 0 radical (unpaired) electrons. The molecule has 1 saturated heterocycles. The molecule has 1 fully saturated rings. The molecule has 2 N–H and O–H groups in total. The zero-order chi connectivity index (χ0) is 16.1. The average Bonchev–Trinajstić information content (AvgIpc) is 3.17. The number of hydrogen-bond donors (Lipinski definition) is 2. The van der Waals surface area contributed by atoms with Gasteiger partial charge in [0, 0.05) is 19.2 Å². The maximum Gasteiger partial charge on any atom is 0.264 e. The topological polar surface area (TPSA) is 69.6 Å². The molecule has 0 aliphatic carbocycles. The zero-order valence-corrected chi connectivity index (χ0v) is 13.9. The Kier molecular flexibility index (Phi) is 5.97. The lowest BCUT2D eigenvalue weighted by Gasteiger charge is -2.27. The molecule has 2 heterocycles. The lowest BCUT2D eigenvalue weighted by molar-refractivity contribution is -0.126. The van der Waals surface area contributed by atoms with Crippen LogP contribution in [0, 0.1) is 5.92 Å². The normalized spacial score (nSPS) is 19.5. The van der Waals surface area contributed by atoms with E-state index in [2.05, 4.69) is 5.32 Å². The lowest BCUT2D eigenvalue weighted by Crippen LogP contribution is -2.50. The van der Waals surface area contributed by atoms with Gasteiger partial charge in [-0.15, -0.1) is 11.3 Å². The fourth-order valence-electron chi connectivity index (χ4n) is 2.81. The van der Waals surface area contributed by atoms with Gasteiger partial charge in [0.05, 0.1) is 4.88 Å². The Labute approximate surface area is 135 Å². The summed E-state index contributed by atoms with van der Waals surface area (Å²) in [5, 5.41) is 14.0. The quantitative estimate of drug-likeness (QED) is 0.839. The molecule has 2 amide bonds. The van der Waals surface area contributed by atoms with Crippen molar-refractivity contribution in [3.05, 3.63) is 22.4 Å². The van der Waals surface area contributed by atoms with Crippen molar-refractivity contribution in [2.75, 3.05) is 13.2 Å². The van der Waals surface area contributed by atoms with Crippen molar-refractivity contribution < 1.29 is 14.7 Å². The minimum atomic E-state index is -0.394. The molecule has 1 unspecified atom stereocenters. The largest absolute Gasteiger partial charge is 0.396 e. The molecule has 2 rings (SSSR count). The van der Waals surface area contributed by atoms with Crippen LogP contribution in [0.5, 0.6) is 0 Å². The Hall–Kier alpha value is -1.40. The standard InChI is InChI=1S/C16H24N2O3S/c1-11(2)12(7-9-19)17-15(20)13-5-3-8-18(13)16(21)14-6-4-10-22-14/h4,6,10-13,19H,3,5,7-9H2,1-2H3,(H,17,20)/t12?,13-/m0/s1. The third kappa shape index (κ3) is 3.87. The van der Waals surface area contributed by atoms with E-state index in [1.807, 2.05) is 25.3 Å². The van der Waals surface area contributed by atoms with Crippen LogP contribution in [-0.2, 0) is 4.79 Å². The monoisotopic (exact) mass is 324 g/mol. The molecular formula is C16H24N2O3S. The van der Waals surface area contributed by atoms with Gasteiger partial charge >= 0.3 is 0 Å². The smallest absolute Gasteiger partial charge is 0.264 e. The summed E-state index contributed by atoms with van der Waals surface area (Å²) in [6.07, 6.45) is 2.09. The van der Waals surface area contributed by atoms with Crippen LogP contribution >= 0.6 is 11.3 Å². The van der Waals surface area contributed by atoms with Crippen molar-refractivity contribution in [1.82, 2.24) is 10.2 Å². The van der Waals surface area contributed by atoms with Crippen LogP contribution in [0.1, 0.15) is 42.8 Å². The van der Waals surface area contributed by atoms with Crippen LogP contribution in [0.2, 0.25) is 0 Å². The molecule has 5 nitrogen and oxygen atoms in total. The highest BCUT2D eigenvalue weighted by Crippen LogP contribution is 2.22. The minimum Gasteiger partial charge on any atom is -0.396 e. The number of amides is 2. The van der Waals surface area contributed by atoms with E-state index < -0.39 is 6.04 Å². The fourth-order valence-corrected chi connectivity index (χ4v) is 3.49. The summed E-state index contributed by atoms with van der Waals surface area (Å²) in [4.78, 5) is 27.4. The maximum absolute atomic E-state index is 12.5. The average molecular weight is 324 g/mol. The molecular weight excluding hydrogens is 300 g/mol. The van der Waals surface area contributed by atoms with Gasteiger partial charge in [-0.05, 0) is 36.6 Å². The second kappa shape index (κ2) is 7.74. The predicted octanol–water partition coefficient (Wildman–Crippen LogP) is 1.88. The highest BCUT2D eigenvalue weighted by molar-refractivity contribution is 7.12. The summed E-state index contributed by atoms with van der Waals surface area (Å²) in [6.45, 7) is 4.71. The number of thiophene rings is 1. The van der Waals surface area contributed by atoms with Crippen molar-refractivity contribution in [2.45, 2.75) is 45.2 Å². The molecule has 0 bridgehead atoms. The van der Waals surface area contributed by atoms with E-state index in [1.54, 1.807) is 11.0 Å². The number of rotatable bonds is 6. The Morgan fingerprint density at radius 2 is 2.27 bits per heavy atom. The van der Waals surface area contributed by atoms with Crippen LogP contribution in [0.25, 0.3) is 0 Å². The van der Waals surface area contributed by atoms with Gasteiger partial charge in [0.25, 0.3) is 5.91 Å². The third-order valence-electron chi connectivity index (χ3n) is 4.12. The van der Waals surface area contributed by atoms with Crippen molar-refractivity contribution in [3.63, 3.8) is 0 Å². The Morgan fingerprint density at radius 3 is 2.86 bits per heavy atom. The van der Waals surface area contributed by atoms with Gasteiger partial charge in [-0.3, -0.25) is 9.59 Å².